The third kappa shape index (κ3) is 7.46. The Balaban J connectivity index is 1.47. The molecular formula is C24H31N5O2. The van der Waals surface area contributed by atoms with Crippen molar-refractivity contribution >= 4 is 5.96 Å². The van der Waals surface area contributed by atoms with Crippen LogP contribution in [0.4, 0.5) is 0 Å². The first kappa shape index (κ1) is 22.4. The minimum absolute atomic E-state index is 0.550. The predicted octanol–water partition coefficient (Wildman–Crippen LogP) is 3.20. The molecule has 0 aliphatic rings. The van der Waals surface area contributed by atoms with E-state index in [4.69, 9.17) is 9.47 Å². The molecule has 3 aromatic rings. The summed E-state index contributed by atoms with van der Waals surface area (Å²) in [6.45, 7) is 5.42. The van der Waals surface area contributed by atoms with Crippen LogP contribution in [0.15, 0.2) is 72.0 Å². The summed E-state index contributed by atoms with van der Waals surface area (Å²) < 4.78 is 12.5. The number of benzene rings is 2. The molecule has 2 aromatic carbocycles. The average molecular weight is 422 g/mol. The molecule has 1 aromatic heterocycles. The van der Waals surface area contributed by atoms with Crippen molar-refractivity contribution in [3.63, 3.8) is 0 Å². The summed E-state index contributed by atoms with van der Waals surface area (Å²) in [6, 6.07) is 18.4. The second-order valence-electron chi connectivity index (χ2n) is 6.97. The molecule has 0 fully saturated rings. The summed E-state index contributed by atoms with van der Waals surface area (Å²) >= 11 is 0. The number of hydrogen-bond acceptors (Lipinski definition) is 4. The van der Waals surface area contributed by atoms with Gasteiger partial charge in [-0.2, -0.15) is 5.10 Å². The molecule has 7 heteroatoms. The molecule has 7 nitrogen and oxygen atoms in total. The van der Waals surface area contributed by atoms with Gasteiger partial charge in [0, 0.05) is 32.6 Å². The molecule has 0 bridgehead atoms. The van der Waals surface area contributed by atoms with Crippen molar-refractivity contribution in [2.45, 2.75) is 19.9 Å². The largest absolute Gasteiger partial charge is 0.491 e. The minimum Gasteiger partial charge on any atom is -0.491 e. The summed E-state index contributed by atoms with van der Waals surface area (Å²) in [7, 11) is 1.67. The van der Waals surface area contributed by atoms with Crippen molar-refractivity contribution in [2.75, 3.05) is 33.4 Å². The van der Waals surface area contributed by atoms with E-state index in [-0.39, 0.29) is 0 Å². The van der Waals surface area contributed by atoms with Crippen LogP contribution in [0.5, 0.6) is 5.75 Å². The Morgan fingerprint density at radius 2 is 1.77 bits per heavy atom. The Bertz CT molecular complexity index is 906. The van der Waals surface area contributed by atoms with E-state index in [2.05, 4.69) is 51.9 Å². The maximum atomic E-state index is 5.60. The first-order valence-corrected chi connectivity index (χ1v) is 10.6. The number of methoxy groups -OCH3 is 1. The number of aliphatic imine (C=N–C) groups is 1. The van der Waals surface area contributed by atoms with Gasteiger partial charge in [-0.05, 0) is 54.8 Å². The molecule has 0 atom stereocenters. The van der Waals surface area contributed by atoms with Crippen molar-refractivity contribution in [3.8, 4) is 11.4 Å². The first-order valence-electron chi connectivity index (χ1n) is 10.6. The van der Waals surface area contributed by atoms with Crippen LogP contribution in [0.2, 0.25) is 0 Å². The van der Waals surface area contributed by atoms with Gasteiger partial charge in [-0.3, -0.25) is 0 Å². The highest BCUT2D eigenvalue weighted by molar-refractivity contribution is 5.79. The molecule has 1 heterocycles. The Kier molecular flexibility index (Phi) is 8.94. The van der Waals surface area contributed by atoms with Crippen LogP contribution in [0.1, 0.15) is 18.1 Å². The molecule has 164 valence electrons. The van der Waals surface area contributed by atoms with Crippen molar-refractivity contribution in [2.24, 2.45) is 4.99 Å². The van der Waals surface area contributed by atoms with Crippen molar-refractivity contribution in [1.29, 1.82) is 0 Å². The SMILES string of the molecule is CCNC(=NCc1ccc(OCCOC)cc1)NCCc1ccc(-n2cccn2)cc1. The highest BCUT2D eigenvalue weighted by Crippen LogP contribution is 2.13. The Morgan fingerprint density at radius 3 is 2.45 bits per heavy atom. The molecule has 0 unspecified atom stereocenters. The van der Waals surface area contributed by atoms with Gasteiger partial charge in [-0.1, -0.05) is 24.3 Å². The standard InChI is InChI=1S/C24H31N5O2/c1-3-25-24(27-19-21-7-11-23(12-8-21)31-18-17-30-2)26-15-13-20-5-9-22(10-6-20)29-16-4-14-28-29/h4-12,14,16H,3,13,15,17-19H2,1-2H3,(H2,25,26,27). The summed E-state index contributed by atoms with van der Waals surface area (Å²) in [4.78, 5) is 4.69. The van der Waals surface area contributed by atoms with E-state index >= 15 is 0 Å². The predicted molar refractivity (Wildman–Crippen MR) is 124 cm³/mol. The molecule has 0 aliphatic carbocycles. The fraction of sp³-hybridized carbons (Fsp3) is 0.333. The molecule has 0 aliphatic heterocycles. The van der Waals surface area contributed by atoms with Crippen LogP contribution in [0, 0.1) is 0 Å². The number of aromatic nitrogens is 2. The van der Waals surface area contributed by atoms with Crippen molar-refractivity contribution in [1.82, 2.24) is 20.4 Å². The fourth-order valence-electron chi connectivity index (χ4n) is 3.01. The van der Waals surface area contributed by atoms with E-state index in [9.17, 15) is 0 Å². The monoisotopic (exact) mass is 421 g/mol. The summed E-state index contributed by atoms with van der Waals surface area (Å²) in [5, 5.41) is 11.0. The molecule has 3 rings (SSSR count). The zero-order valence-electron chi connectivity index (χ0n) is 18.3. The van der Waals surface area contributed by atoms with Crippen molar-refractivity contribution < 1.29 is 9.47 Å². The van der Waals surface area contributed by atoms with Gasteiger partial charge in [0.25, 0.3) is 0 Å². The highest BCUT2D eigenvalue weighted by atomic mass is 16.5. The zero-order valence-corrected chi connectivity index (χ0v) is 18.3. The Morgan fingerprint density at radius 1 is 1.00 bits per heavy atom. The molecular weight excluding hydrogens is 390 g/mol. The van der Waals surface area contributed by atoms with Gasteiger partial charge in [0.1, 0.15) is 12.4 Å². The summed E-state index contributed by atoms with van der Waals surface area (Å²) in [6.07, 6.45) is 4.64. The maximum absolute atomic E-state index is 5.60. The highest BCUT2D eigenvalue weighted by Gasteiger charge is 2.01. The zero-order chi connectivity index (χ0) is 21.7. The van der Waals surface area contributed by atoms with Crippen molar-refractivity contribution in [3.05, 3.63) is 78.1 Å². The van der Waals surface area contributed by atoms with Crippen LogP contribution in [0.3, 0.4) is 0 Å². The third-order valence-corrected chi connectivity index (χ3v) is 4.65. The average Bonchev–Trinajstić information content (AvgIpc) is 3.34. The minimum atomic E-state index is 0.550. The van der Waals surface area contributed by atoms with Crippen LogP contribution in [-0.2, 0) is 17.7 Å². The number of guanidine groups is 1. The Hall–Kier alpha value is -3.32. The lowest BCUT2D eigenvalue weighted by Crippen LogP contribution is -2.38. The third-order valence-electron chi connectivity index (χ3n) is 4.65. The second kappa shape index (κ2) is 12.4. The van der Waals surface area contributed by atoms with Gasteiger partial charge in [0.15, 0.2) is 5.96 Å². The van der Waals surface area contributed by atoms with E-state index in [1.807, 2.05) is 41.2 Å². The molecule has 0 amide bonds. The molecule has 0 radical (unpaired) electrons. The van der Waals surface area contributed by atoms with E-state index in [0.717, 1.165) is 42.5 Å². The summed E-state index contributed by atoms with van der Waals surface area (Å²) in [5.74, 6) is 1.66. The van der Waals surface area contributed by atoms with E-state index < -0.39 is 0 Å². The number of nitrogens with zero attached hydrogens (tertiary/aromatic N) is 3. The fourth-order valence-corrected chi connectivity index (χ4v) is 3.01. The number of hydrogen-bond donors (Lipinski definition) is 2. The normalized spacial score (nSPS) is 11.4. The molecule has 31 heavy (non-hydrogen) atoms. The van der Waals surface area contributed by atoms with Crippen LogP contribution in [-0.4, -0.2) is 49.2 Å². The summed E-state index contributed by atoms with van der Waals surface area (Å²) in [5.41, 5.74) is 3.46. The van der Waals surface area contributed by atoms with Gasteiger partial charge in [0.05, 0.1) is 18.8 Å². The van der Waals surface area contributed by atoms with Crippen LogP contribution >= 0.6 is 0 Å². The van der Waals surface area contributed by atoms with E-state index in [1.54, 1.807) is 13.3 Å². The lowest BCUT2D eigenvalue weighted by molar-refractivity contribution is 0.146. The van der Waals surface area contributed by atoms with Gasteiger partial charge >= 0.3 is 0 Å². The van der Waals surface area contributed by atoms with E-state index in [1.165, 1.54) is 5.56 Å². The van der Waals surface area contributed by atoms with Gasteiger partial charge < -0.3 is 20.1 Å². The Labute approximate surface area is 184 Å². The number of rotatable bonds is 11. The number of ether oxygens (including phenoxy) is 2. The van der Waals surface area contributed by atoms with Gasteiger partial charge in [0.2, 0.25) is 0 Å². The molecule has 0 saturated heterocycles. The van der Waals surface area contributed by atoms with E-state index in [0.29, 0.717) is 19.8 Å². The smallest absolute Gasteiger partial charge is 0.191 e. The quantitative estimate of drug-likeness (QED) is 0.283. The topological polar surface area (TPSA) is 72.7 Å². The lowest BCUT2D eigenvalue weighted by Gasteiger charge is -2.12. The van der Waals surface area contributed by atoms with Gasteiger partial charge in [-0.15, -0.1) is 0 Å². The lowest BCUT2D eigenvalue weighted by atomic mass is 10.1. The van der Waals surface area contributed by atoms with Crippen LogP contribution < -0.4 is 15.4 Å². The molecule has 2 N–H and O–H groups in total. The second-order valence-corrected chi connectivity index (χ2v) is 6.97. The van der Waals surface area contributed by atoms with Gasteiger partial charge in [-0.25, -0.2) is 9.67 Å². The molecule has 0 saturated carbocycles. The first-order chi connectivity index (χ1) is 15.3. The maximum Gasteiger partial charge on any atom is 0.191 e. The molecule has 0 spiro atoms. The number of nitrogens with one attached hydrogen (secondary N) is 2. The van der Waals surface area contributed by atoms with Crippen LogP contribution in [0.25, 0.3) is 5.69 Å².